The highest BCUT2D eigenvalue weighted by Crippen LogP contribution is 2.25. The van der Waals surface area contributed by atoms with Crippen LogP contribution in [0.2, 0.25) is 0 Å². The Morgan fingerprint density at radius 2 is 1.76 bits per heavy atom. The Labute approximate surface area is 103 Å². The summed E-state index contributed by atoms with van der Waals surface area (Å²) < 4.78 is 24.6. The van der Waals surface area contributed by atoms with E-state index in [-0.39, 0.29) is 4.90 Å². The molecular formula is C13H18O3S. The average Bonchev–Trinajstić information content (AvgIpc) is 2.16. The predicted molar refractivity (Wildman–Crippen MR) is 68.6 cm³/mol. The van der Waals surface area contributed by atoms with Crippen LogP contribution in [0.1, 0.15) is 19.4 Å². The van der Waals surface area contributed by atoms with Gasteiger partial charge >= 0.3 is 0 Å². The lowest BCUT2D eigenvalue weighted by Crippen LogP contribution is -2.40. The number of aliphatic hydroxyl groups is 1. The molecule has 3 nitrogen and oxygen atoms in total. The van der Waals surface area contributed by atoms with E-state index >= 15 is 0 Å². The van der Waals surface area contributed by atoms with Crippen LogP contribution in [0.15, 0.2) is 41.8 Å². The van der Waals surface area contributed by atoms with E-state index in [2.05, 4.69) is 6.58 Å². The van der Waals surface area contributed by atoms with Crippen molar-refractivity contribution in [1.82, 2.24) is 0 Å². The van der Waals surface area contributed by atoms with E-state index in [1.807, 2.05) is 6.92 Å². The molecule has 0 fully saturated rings. The van der Waals surface area contributed by atoms with E-state index in [4.69, 9.17) is 0 Å². The molecule has 1 aromatic rings. The number of sulfone groups is 1. The molecule has 0 saturated carbocycles. The lowest BCUT2D eigenvalue weighted by Gasteiger charge is -2.26. The summed E-state index contributed by atoms with van der Waals surface area (Å²) >= 11 is 0. The molecule has 1 aromatic carbocycles. The molecule has 1 N–H and O–H groups in total. The largest absolute Gasteiger partial charge is 0.389 e. The van der Waals surface area contributed by atoms with Crippen LogP contribution >= 0.6 is 0 Å². The molecule has 0 amide bonds. The van der Waals surface area contributed by atoms with E-state index in [1.165, 1.54) is 19.9 Å². The Morgan fingerprint density at radius 3 is 2.12 bits per heavy atom. The Kier molecular flexibility index (Phi) is 3.79. The molecule has 1 rings (SSSR count). The average molecular weight is 254 g/mol. The molecule has 0 aromatic heterocycles. The highest BCUT2D eigenvalue weighted by molar-refractivity contribution is 7.92. The van der Waals surface area contributed by atoms with Gasteiger partial charge in [-0.1, -0.05) is 23.8 Å². The number of aryl methyl sites for hydroxylation is 1. The fraction of sp³-hybridized carbons (Fsp3) is 0.385. The summed E-state index contributed by atoms with van der Waals surface area (Å²) in [6.07, 6.45) is 1.27. The molecule has 1 atom stereocenters. The second-order valence-corrected chi connectivity index (χ2v) is 6.74. The van der Waals surface area contributed by atoms with Gasteiger partial charge in [0, 0.05) is 0 Å². The molecule has 0 saturated heterocycles. The maximum Gasteiger partial charge on any atom is 0.187 e. The van der Waals surface area contributed by atoms with Gasteiger partial charge < -0.3 is 5.11 Å². The maximum atomic E-state index is 12.3. The summed E-state index contributed by atoms with van der Waals surface area (Å²) in [6.45, 7) is 8.31. The van der Waals surface area contributed by atoms with E-state index in [0.29, 0.717) is 0 Å². The molecule has 0 heterocycles. The zero-order valence-corrected chi connectivity index (χ0v) is 11.2. The van der Waals surface area contributed by atoms with Gasteiger partial charge in [0.2, 0.25) is 0 Å². The molecule has 17 heavy (non-hydrogen) atoms. The van der Waals surface area contributed by atoms with Crippen molar-refractivity contribution < 1.29 is 13.5 Å². The minimum absolute atomic E-state index is 0.204. The van der Waals surface area contributed by atoms with Crippen LogP contribution in [0.3, 0.4) is 0 Å². The Balaban J connectivity index is 3.27. The third-order valence-corrected chi connectivity index (χ3v) is 4.96. The third kappa shape index (κ3) is 2.96. The van der Waals surface area contributed by atoms with Gasteiger partial charge in [-0.05, 0) is 32.9 Å². The fourth-order valence-electron chi connectivity index (χ4n) is 1.67. The highest BCUT2D eigenvalue weighted by atomic mass is 32.2. The van der Waals surface area contributed by atoms with Gasteiger partial charge in [-0.3, -0.25) is 0 Å². The molecule has 1 unspecified atom stereocenters. The summed E-state index contributed by atoms with van der Waals surface area (Å²) in [7, 11) is -3.59. The maximum absolute atomic E-state index is 12.3. The first kappa shape index (κ1) is 13.9. The second-order valence-electron chi connectivity index (χ2n) is 4.67. The molecule has 0 aliphatic carbocycles. The minimum atomic E-state index is -3.59. The van der Waals surface area contributed by atoms with Crippen LogP contribution < -0.4 is 0 Å². The van der Waals surface area contributed by atoms with Crippen molar-refractivity contribution in [1.29, 1.82) is 0 Å². The molecule has 0 aliphatic heterocycles. The summed E-state index contributed by atoms with van der Waals surface area (Å²) in [5.74, 6) is 0. The van der Waals surface area contributed by atoms with E-state index in [9.17, 15) is 13.5 Å². The first-order valence-electron chi connectivity index (χ1n) is 5.35. The van der Waals surface area contributed by atoms with Crippen molar-refractivity contribution in [2.75, 3.05) is 0 Å². The van der Waals surface area contributed by atoms with Crippen molar-refractivity contribution in [3.8, 4) is 0 Å². The number of hydrogen-bond acceptors (Lipinski definition) is 3. The summed E-state index contributed by atoms with van der Waals surface area (Å²) in [4.78, 5) is 0.204. The van der Waals surface area contributed by atoms with E-state index < -0.39 is 20.7 Å². The third-order valence-electron chi connectivity index (χ3n) is 2.59. The molecule has 0 aliphatic rings. The first-order valence-corrected chi connectivity index (χ1v) is 6.89. The van der Waals surface area contributed by atoms with Crippen LogP contribution in [-0.2, 0) is 9.84 Å². The summed E-state index contributed by atoms with van der Waals surface area (Å²) in [5.41, 5.74) is -0.367. The lowest BCUT2D eigenvalue weighted by atomic mass is 10.1. The molecular weight excluding hydrogens is 236 g/mol. The van der Waals surface area contributed by atoms with Gasteiger partial charge in [-0.15, -0.1) is 6.58 Å². The smallest absolute Gasteiger partial charge is 0.187 e. The molecule has 94 valence electrons. The SMILES string of the molecule is C=CC(C(C)(C)O)S(=O)(=O)c1ccc(C)cc1. The summed E-state index contributed by atoms with van der Waals surface area (Å²) in [5, 5.41) is 8.86. The zero-order chi connectivity index (χ0) is 13.3. The predicted octanol–water partition coefficient (Wildman–Crippen LogP) is 2.09. The Bertz CT molecular complexity index is 492. The van der Waals surface area contributed by atoms with Crippen LogP contribution in [0.5, 0.6) is 0 Å². The number of hydrogen-bond donors (Lipinski definition) is 1. The number of benzene rings is 1. The van der Waals surface area contributed by atoms with Gasteiger partial charge in [-0.25, -0.2) is 8.42 Å². The second kappa shape index (κ2) is 4.63. The monoisotopic (exact) mass is 254 g/mol. The number of rotatable bonds is 4. The minimum Gasteiger partial charge on any atom is -0.389 e. The topological polar surface area (TPSA) is 54.4 Å². The Hall–Kier alpha value is -1.13. The van der Waals surface area contributed by atoms with Gasteiger partial charge in [0.05, 0.1) is 10.5 Å². The Morgan fingerprint density at radius 1 is 1.29 bits per heavy atom. The molecule has 4 heteroatoms. The van der Waals surface area contributed by atoms with Crippen LogP contribution in [0.4, 0.5) is 0 Å². The first-order chi connectivity index (χ1) is 7.69. The van der Waals surface area contributed by atoms with Crippen molar-refractivity contribution in [3.05, 3.63) is 42.5 Å². The van der Waals surface area contributed by atoms with Crippen molar-refractivity contribution in [3.63, 3.8) is 0 Å². The van der Waals surface area contributed by atoms with Crippen LogP contribution in [0, 0.1) is 6.92 Å². The van der Waals surface area contributed by atoms with Crippen LogP contribution in [-0.4, -0.2) is 24.4 Å². The fourth-order valence-corrected chi connectivity index (χ4v) is 3.49. The zero-order valence-electron chi connectivity index (χ0n) is 10.3. The van der Waals surface area contributed by atoms with Crippen molar-refractivity contribution in [2.24, 2.45) is 0 Å². The van der Waals surface area contributed by atoms with E-state index in [0.717, 1.165) is 5.56 Å². The van der Waals surface area contributed by atoms with Crippen molar-refractivity contribution in [2.45, 2.75) is 36.5 Å². The van der Waals surface area contributed by atoms with Crippen molar-refractivity contribution >= 4 is 9.84 Å². The molecule has 0 bridgehead atoms. The van der Waals surface area contributed by atoms with Gasteiger partial charge in [0.15, 0.2) is 9.84 Å². The van der Waals surface area contributed by atoms with Gasteiger partial charge in [0.1, 0.15) is 5.25 Å². The van der Waals surface area contributed by atoms with Crippen LogP contribution in [0.25, 0.3) is 0 Å². The quantitative estimate of drug-likeness (QED) is 0.837. The standard InChI is InChI=1S/C13H18O3S/c1-5-12(13(3,4)14)17(15,16)11-8-6-10(2)7-9-11/h5-9,12,14H,1H2,2-4H3. The van der Waals surface area contributed by atoms with Gasteiger partial charge in [-0.2, -0.15) is 0 Å². The molecule has 0 radical (unpaired) electrons. The van der Waals surface area contributed by atoms with E-state index in [1.54, 1.807) is 24.3 Å². The summed E-state index contributed by atoms with van der Waals surface area (Å²) in [6, 6.07) is 6.56. The highest BCUT2D eigenvalue weighted by Gasteiger charge is 2.36. The lowest BCUT2D eigenvalue weighted by molar-refractivity contribution is 0.0868. The van der Waals surface area contributed by atoms with Gasteiger partial charge in [0.25, 0.3) is 0 Å². The normalized spacial score (nSPS) is 14.4. The molecule has 0 spiro atoms.